The molecule has 1 aromatic carbocycles. The van der Waals surface area contributed by atoms with Crippen LogP contribution in [0.15, 0.2) is 42.9 Å². The zero-order chi connectivity index (χ0) is 31.1. The fraction of sp³-hybridized carbons (Fsp3) is 0.345. The molecule has 1 saturated heterocycles. The number of carbonyl (C=O) groups excluding carboxylic acids is 1. The summed E-state index contributed by atoms with van der Waals surface area (Å²) in [5, 5.41) is 12.3. The molecule has 14 heteroatoms. The Labute approximate surface area is 243 Å². The smallest absolute Gasteiger partial charge is 0.411 e. The van der Waals surface area contributed by atoms with Crippen LogP contribution in [0, 0.1) is 26.6 Å². The van der Waals surface area contributed by atoms with Gasteiger partial charge in [-0.15, -0.1) is 0 Å². The van der Waals surface area contributed by atoms with Gasteiger partial charge in [0.1, 0.15) is 23.5 Å². The van der Waals surface area contributed by atoms with Gasteiger partial charge in [0.25, 0.3) is 5.91 Å². The van der Waals surface area contributed by atoms with Crippen LogP contribution in [0.25, 0.3) is 17.0 Å². The summed E-state index contributed by atoms with van der Waals surface area (Å²) < 4.78 is 62.6. The van der Waals surface area contributed by atoms with Crippen LogP contribution in [0.2, 0.25) is 0 Å². The van der Waals surface area contributed by atoms with Crippen molar-refractivity contribution >= 4 is 23.2 Å². The molecule has 1 aliphatic heterocycles. The number of ether oxygens (including phenoxy) is 1. The average molecular weight is 601 g/mol. The number of nitrogens with one attached hydrogen (secondary N) is 1. The van der Waals surface area contributed by atoms with Crippen molar-refractivity contribution in [2.45, 2.75) is 45.5 Å². The number of alkyl halides is 3. The SMILES string of the molecule is Cc1cnc(-c2ccc(C[C@H](NC(=O)c3c(C)cc(N4CCOC[C@@H]4C(F)(F)F)cc3F)C(=O)O)n3ccnc23)nc1C. The van der Waals surface area contributed by atoms with Crippen molar-refractivity contribution in [1.29, 1.82) is 0 Å². The van der Waals surface area contributed by atoms with E-state index in [1.165, 1.54) is 19.2 Å². The number of rotatable bonds is 7. The Bertz CT molecular complexity index is 1680. The fourth-order valence-electron chi connectivity index (χ4n) is 5.07. The molecule has 2 N–H and O–H groups in total. The summed E-state index contributed by atoms with van der Waals surface area (Å²) in [6.07, 6.45) is 0.0841. The standard InChI is InChI=1S/C29H28F4N6O4/c1-15-10-19(38-8-9-43-14-23(38)29(31,32)33)11-21(30)24(15)27(40)37-22(28(41)42)12-18-4-5-20(26-34-6-7-39(18)26)25-35-13-16(2)17(3)36-25/h4-7,10-11,13,22-23H,8-9,12,14H2,1-3H3,(H,37,40)(H,41,42)/t22-,23+/m0/s1. The summed E-state index contributed by atoms with van der Waals surface area (Å²) in [6, 6.07) is 2.08. The number of benzene rings is 1. The van der Waals surface area contributed by atoms with Crippen LogP contribution in [-0.4, -0.2) is 74.4 Å². The number of amides is 1. The van der Waals surface area contributed by atoms with Gasteiger partial charge in [0.15, 0.2) is 5.82 Å². The maximum Gasteiger partial charge on any atom is 0.411 e. The molecule has 1 fully saturated rings. The normalized spacial score (nSPS) is 16.3. The van der Waals surface area contributed by atoms with Crippen molar-refractivity contribution in [2.75, 3.05) is 24.7 Å². The number of pyridine rings is 1. The first kappa shape index (κ1) is 29.9. The maximum atomic E-state index is 15.3. The number of halogens is 4. The third kappa shape index (κ3) is 6.00. The molecule has 1 aliphatic rings. The van der Waals surface area contributed by atoms with Crippen LogP contribution in [0.5, 0.6) is 0 Å². The number of carboxylic acids is 1. The third-order valence-electron chi connectivity index (χ3n) is 7.45. The summed E-state index contributed by atoms with van der Waals surface area (Å²) in [5.41, 5.74) is 2.86. The summed E-state index contributed by atoms with van der Waals surface area (Å²) in [5.74, 6) is -3.00. The molecule has 226 valence electrons. The minimum Gasteiger partial charge on any atom is -0.480 e. The molecule has 0 saturated carbocycles. The number of carbonyl (C=O) groups is 2. The molecule has 3 aromatic heterocycles. The zero-order valence-electron chi connectivity index (χ0n) is 23.4. The molecule has 0 aliphatic carbocycles. The van der Waals surface area contributed by atoms with Crippen molar-refractivity contribution < 1.29 is 37.0 Å². The van der Waals surface area contributed by atoms with Crippen LogP contribution in [0.4, 0.5) is 23.2 Å². The Hall–Kier alpha value is -4.59. The van der Waals surface area contributed by atoms with Crippen LogP contribution in [-0.2, 0) is 16.0 Å². The van der Waals surface area contributed by atoms with Crippen molar-refractivity contribution in [3.05, 3.63) is 76.8 Å². The first-order valence-electron chi connectivity index (χ1n) is 13.4. The number of aliphatic carboxylic acids is 1. The van der Waals surface area contributed by atoms with Gasteiger partial charge in [-0.3, -0.25) is 4.79 Å². The van der Waals surface area contributed by atoms with Gasteiger partial charge < -0.3 is 24.5 Å². The molecule has 5 rings (SSSR count). The van der Waals surface area contributed by atoms with Crippen molar-refractivity contribution in [3.63, 3.8) is 0 Å². The number of anilines is 1. The van der Waals surface area contributed by atoms with E-state index in [0.29, 0.717) is 22.7 Å². The van der Waals surface area contributed by atoms with Gasteiger partial charge in [-0.2, -0.15) is 13.2 Å². The molecule has 43 heavy (non-hydrogen) atoms. The molecule has 0 unspecified atom stereocenters. The summed E-state index contributed by atoms with van der Waals surface area (Å²) in [6.45, 7) is 4.43. The molecular formula is C29H28F4N6O4. The maximum absolute atomic E-state index is 15.3. The molecule has 4 heterocycles. The largest absolute Gasteiger partial charge is 0.480 e. The Morgan fingerprint density at radius 1 is 1.16 bits per heavy atom. The number of carboxylic acid groups (broad SMARTS) is 1. The van der Waals surface area contributed by atoms with Gasteiger partial charge in [-0.1, -0.05) is 0 Å². The fourth-order valence-corrected chi connectivity index (χ4v) is 5.07. The second kappa shape index (κ2) is 11.6. The van der Waals surface area contributed by atoms with Gasteiger partial charge in [-0.05, 0) is 56.2 Å². The number of fused-ring (bicyclic) bond motifs is 1. The lowest BCUT2D eigenvalue weighted by Gasteiger charge is -2.38. The predicted molar refractivity (Wildman–Crippen MR) is 147 cm³/mol. The highest BCUT2D eigenvalue weighted by atomic mass is 19.4. The second-order valence-corrected chi connectivity index (χ2v) is 10.3. The highest BCUT2D eigenvalue weighted by molar-refractivity contribution is 5.98. The number of hydrogen-bond acceptors (Lipinski definition) is 7. The number of morpholine rings is 1. The minimum atomic E-state index is -4.61. The van der Waals surface area contributed by atoms with E-state index < -0.39 is 48.1 Å². The Morgan fingerprint density at radius 2 is 1.93 bits per heavy atom. The lowest BCUT2D eigenvalue weighted by Crippen LogP contribution is -2.53. The zero-order valence-corrected chi connectivity index (χ0v) is 23.4. The Morgan fingerprint density at radius 3 is 2.60 bits per heavy atom. The van der Waals surface area contributed by atoms with Gasteiger partial charge in [0, 0.05) is 48.6 Å². The van der Waals surface area contributed by atoms with Crippen molar-refractivity contribution in [1.82, 2.24) is 24.7 Å². The van der Waals surface area contributed by atoms with E-state index in [2.05, 4.69) is 20.3 Å². The van der Waals surface area contributed by atoms with E-state index in [1.807, 2.05) is 13.8 Å². The lowest BCUT2D eigenvalue weighted by atomic mass is 10.0. The van der Waals surface area contributed by atoms with Gasteiger partial charge >= 0.3 is 12.1 Å². The number of aryl methyl sites for hydroxylation is 3. The molecule has 1 amide bonds. The Kier molecular flexibility index (Phi) is 8.06. The summed E-state index contributed by atoms with van der Waals surface area (Å²) in [4.78, 5) is 39.6. The molecule has 4 aromatic rings. The number of aromatic nitrogens is 4. The first-order valence-corrected chi connectivity index (χ1v) is 13.4. The van der Waals surface area contributed by atoms with Gasteiger partial charge in [-0.25, -0.2) is 24.1 Å². The molecule has 0 spiro atoms. The van der Waals surface area contributed by atoms with Gasteiger partial charge in [0.05, 0.1) is 24.3 Å². The Balaban J connectivity index is 1.39. The van der Waals surface area contributed by atoms with E-state index in [4.69, 9.17) is 4.74 Å². The van der Waals surface area contributed by atoms with Crippen molar-refractivity contribution in [3.8, 4) is 11.4 Å². The van der Waals surface area contributed by atoms with Crippen LogP contribution >= 0.6 is 0 Å². The minimum absolute atomic E-state index is 0.0264. The molecule has 2 atom stereocenters. The van der Waals surface area contributed by atoms with E-state index in [1.54, 1.807) is 28.9 Å². The number of imidazole rings is 1. The summed E-state index contributed by atoms with van der Waals surface area (Å²) >= 11 is 0. The predicted octanol–water partition coefficient (Wildman–Crippen LogP) is 4.05. The average Bonchev–Trinajstić information content (AvgIpc) is 3.44. The highest BCUT2D eigenvalue weighted by Gasteiger charge is 2.45. The molecular weight excluding hydrogens is 572 g/mol. The molecule has 0 radical (unpaired) electrons. The van der Waals surface area contributed by atoms with E-state index >= 15 is 4.39 Å². The number of hydrogen-bond donors (Lipinski definition) is 2. The molecule has 0 bridgehead atoms. The topological polar surface area (TPSA) is 122 Å². The second-order valence-electron chi connectivity index (χ2n) is 10.3. The monoisotopic (exact) mass is 600 g/mol. The molecule has 10 nitrogen and oxygen atoms in total. The highest BCUT2D eigenvalue weighted by Crippen LogP contribution is 2.33. The quantitative estimate of drug-likeness (QED) is 0.305. The van der Waals surface area contributed by atoms with Crippen LogP contribution < -0.4 is 10.2 Å². The van der Waals surface area contributed by atoms with E-state index in [-0.39, 0.29) is 30.8 Å². The van der Waals surface area contributed by atoms with Gasteiger partial charge in [0.2, 0.25) is 0 Å². The number of nitrogens with zero attached hydrogens (tertiary/aromatic N) is 5. The first-order chi connectivity index (χ1) is 20.3. The van der Waals surface area contributed by atoms with Crippen LogP contribution in [0.1, 0.15) is 32.9 Å². The van der Waals surface area contributed by atoms with E-state index in [0.717, 1.165) is 22.2 Å². The van der Waals surface area contributed by atoms with Crippen molar-refractivity contribution in [2.24, 2.45) is 0 Å². The third-order valence-corrected chi connectivity index (χ3v) is 7.45. The van der Waals surface area contributed by atoms with E-state index in [9.17, 15) is 27.9 Å². The van der Waals surface area contributed by atoms with Crippen LogP contribution in [0.3, 0.4) is 0 Å². The lowest BCUT2D eigenvalue weighted by molar-refractivity contribution is -0.167. The summed E-state index contributed by atoms with van der Waals surface area (Å²) in [7, 11) is 0.